The Kier molecular flexibility index (Phi) is 8.60. The summed E-state index contributed by atoms with van der Waals surface area (Å²) in [4.78, 5) is 32.9. The second-order valence-corrected chi connectivity index (χ2v) is 17.5. The molecule has 2 bridgehead atoms. The van der Waals surface area contributed by atoms with E-state index in [2.05, 4.69) is 38.6 Å². The van der Waals surface area contributed by atoms with Gasteiger partial charge in [-0.05, 0) is 71.6 Å². The third-order valence-electron chi connectivity index (χ3n) is 12.4. The van der Waals surface area contributed by atoms with E-state index in [1.807, 2.05) is 36.4 Å². The van der Waals surface area contributed by atoms with Crippen molar-refractivity contribution < 1.29 is 35.9 Å². The van der Waals surface area contributed by atoms with Gasteiger partial charge in [-0.2, -0.15) is 13.2 Å². The lowest BCUT2D eigenvalue weighted by molar-refractivity contribution is -0.159. The standard InChI is InChI=1S/C41H43F3N4O5S/c1-53-34-16-15-28(25-11-6-3-7-12-25)38-31(34)18-33-35-29(36-32(22-47(33)38)37(36)39(49)45-54(51,52)23-41(42,43)44)13-8-14-30(35)40(50)48-26-17-27(48)21-46(20-26)19-24-9-4-2-5-10-24/h2,4-5,8-10,13,15-16,18,25-27,30,35H,3,6-7,11-12,14,17,19-23H2,1H3,(H,45,49)/t26?,27?,30-,35?/m1/s1. The van der Waals surface area contributed by atoms with Gasteiger partial charge in [0, 0.05) is 55.3 Å². The number of allylic oxidation sites excluding steroid dienone is 4. The summed E-state index contributed by atoms with van der Waals surface area (Å²) in [5.41, 5.74) is 6.25. The second-order valence-electron chi connectivity index (χ2n) is 15.8. The van der Waals surface area contributed by atoms with Crippen molar-refractivity contribution in [2.45, 2.75) is 88.1 Å². The fourth-order valence-electron chi connectivity index (χ4n) is 10.2. The van der Waals surface area contributed by atoms with Crippen LogP contribution in [-0.4, -0.2) is 78.8 Å². The van der Waals surface area contributed by atoms with Gasteiger partial charge in [0.25, 0.3) is 5.91 Å². The van der Waals surface area contributed by atoms with Gasteiger partial charge >= 0.3 is 6.18 Å². The number of piperidine rings is 1. The van der Waals surface area contributed by atoms with E-state index < -0.39 is 39.7 Å². The van der Waals surface area contributed by atoms with Gasteiger partial charge in [0.2, 0.25) is 15.9 Å². The Balaban J connectivity index is 1.11. The molecule has 1 saturated carbocycles. The number of carbonyl (C=O) groups is 2. The summed E-state index contributed by atoms with van der Waals surface area (Å²) in [6.07, 6.45) is 5.78. The minimum absolute atomic E-state index is 0.0576. The molecule has 284 valence electrons. The van der Waals surface area contributed by atoms with Gasteiger partial charge in [-0.3, -0.25) is 14.5 Å². The van der Waals surface area contributed by atoms with E-state index in [1.165, 1.54) is 17.5 Å². The largest absolute Gasteiger partial charge is 0.496 e. The fourth-order valence-corrected chi connectivity index (χ4v) is 11.1. The number of hydrogen-bond acceptors (Lipinski definition) is 6. The molecule has 1 aromatic heterocycles. The first-order chi connectivity index (χ1) is 25.9. The molecule has 10 rings (SSSR count). The molecule has 4 atom stereocenters. The van der Waals surface area contributed by atoms with E-state index in [9.17, 15) is 31.2 Å². The number of halogens is 3. The van der Waals surface area contributed by atoms with Crippen molar-refractivity contribution in [3.63, 3.8) is 0 Å². The molecule has 54 heavy (non-hydrogen) atoms. The van der Waals surface area contributed by atoms with E-state index in [1.54, 1.807) is 11.8 Å². The van der Waals surface area contributed by atoms with Gasteiger partial charge in [-0.25, -0.2) is 13.1 Å². The Labute approximate surface area is 312 Å². The smallest absolute Gasteiger partial charge is 0.404 e. The lowest BCUT2D eigenvalue weighted by Gasteiger charge is -2.57. The molecule has 5 heterocycles. The molecule has 13 heteroatoms. The van der Waals surface area contributed by atoms with Crippen LogP contribution in [-0.2, 0) is 32.7 Å². The van der Waals surface area contributed by atoms with Crippen LogP contribution in [0, 0.1) is 5.92 Å². The van der Waals surface area contributed by atoms with Crippen LogP contribution in [0.3, 0.4) is 0 Å². The Morgan fingerprint density at radius 1 is 1.00 bits per heavy atom. The molecular weight excluding hydrogens is 718 g/mol. The summed E-state index contributed by atoms with van der Waals surface area (Å²) in [5.74, 6) is -3.12. The van der Waals surface area contributed by atoms with E-state index in [4.69, 9.17) is 4.74 Å². The number of alkyl halides is 3. The lowest BCUT2D eigenvalue weighted by Crippen LogP contribution is -2.70. The van der Waals surface area contributed by atoms with Gasteiger partial charge in [0.05, 0.1) is 24.1 Å². The molecule has 0 radical (unpaired) electrons. The van der Waals surface area contributed by atoms with Gasteiger partial charge in [0.1, 0.15) is 5.75 Å². The lowest BCUT2D eigenvalue weighted by atomic mass is 9.74. The summed E-state index contributed by atoms with van der Waals surface area (Å²) >= 11 is 0. The highest BCUT2D eigenvalue weighted by atomic mass is 32.2. The molecule has 2 aromatic carbocycles. The minimum atomic E-state index is -5.01. The van der Waals surface area contributed by atoms with E-state index in [0.29, 0.717) is 29.2 Å². The van der Waals surface area contributed by atoms with Crippen LogP contribution in [0.15, 0.2) is 83.0 Å². The average Bonchev–Trinajstić information content (AvgIpc) is 3.76. The van der Waals surface area contributed by atoms with Crippen molar-refractivity contribution in [2.75, 3.05) is 26.0 Å². The van der Waals surface area contributed by atoms with E-state index in [0.717, 1.165) is 73.9 Å². The third kappa shape index (κ3) is 6.17. The molecule has 2 amide bonds. The zero-order valence-electron chi connectivity index (χ0n) is 30.1. The zero-order chi connectivity index (χ0) is 37.5. The van der Waals surface area contributed by atoms with E-state index in [-0.39, 0.29) is 30.1 Å². The van der Waals surface area contributed by atoms with E-state index >= 15 is 0 Å². The topological polar surface area (TPSA) is 101 Å². The van der Waals surface area contributed by atoms with Crippen LogP contribution in [0.25, 0.3) is 10.9 Å². The molecule has 3 aliphatic carbocycles. The fraction of sp³-hybridized carbons (Fsp3) is 0.463. The molecule has 4 aliphatic heterocycles. The first kappa shape index (κ1) is 35.3. The number of rotatable bonds is 8. The number of piperazine rings is 1. The Morgan fingerprint density at radius 3 is 2.44 bits per heavy atom. The summed E-state index contributed by atoms with van der Waals surface area (Å²) < 4.78 is 74.1. The highest BCUT2D eigenvalue weighted by Gasteiger charge is 2.53. The number of nitrogens with zero attached hydrogens (tertiary/aromatic N) is 3. The van der Waals surface area contributed by atoms with Crippen LogP contribution in [0.5, 0.6) is 5.75 Å². The summed E-state index contributed by atoms with van der Waals surface area (Å²) in [6.45, 7) is 2.61. The van der Waals surface area contributed by atoms with Crippen molar-refractivity contribution in [3.8, 4) is 5.75 Å². The van der Waals surface area contributed by atoms with Crippen molar-refractivity contribution in [1.82, 2.24) is 19.1 Å². The van der Waals surface area contributed by atoms with Crippen LogP contribution in [0.4, 0.5) is 13.2 Å². The maximum Gasteiger partial charge on any atom is 0.404 e. The predicted octanol–water partition coefficient (Wildman–Crippen LogP) is 6.47. The van der Waals surface area contributed by atoms with Gasteiger partial charge in [-0.15, -0.1) is 0 Å². The van der Waals surface area contributed by atoms with Gasteiger partial charge in [-0.1, -0.05) is 67.8 Å². The summed E-state index contributed by atoms with van der Waals surface area (Å²) in [6, 6.07) is 16.7. The maximum absolute atomic E-state index is 14.9. The highest BCUT2D eigenvalue weighted by Crippen LogP contribution is 2.56. The number of amides is 2. The quantitative estimate of drug-likeness (QED) is 0.283. The normalized spacial score (nSPS) is 25.4. The summed E-state index contributed by atoms with van der Waals surface area (Å²) in [5, 5.41) is 0.913. The number of aromatic nitrogens is 1. The number of fused-ring (bicyclic) bond motifs is 8. The molecule has 7 aliphatic rings. The first-order valence-corrected chi connectivity index (χ1v) is 20.6. The maximum atomic E-state index is 14.9. The van der Waals surface area contributed by atoms with Crippen LogP contribution in [0.1, 0.15) is 73.6 Å². The van der Waals surface area contributed by atoms with Crippen molar-refractivity contribution in [1.29, 1.82) is 0 Å². The molecule has 3 aromatic rings. The molecule has 9 nitrogen and oxygen atoms in total. The number of benzene rings is 2. The number of sulfonamides is 1. The monoisotopic (exact) mass is 760 g/mol. The molecule has 3 saturated heterocycles. The van der Waals surface area contributed by atoms with Crippen molar-refractivity contribution in [2.24, 2.45) is 5.92 Å². The molecule has 1 N–H and O–H groups in total. The molecule has 4 fully saturated rings. The molecular formula is C41H43F3N4O5S. The van der Waals surface area contributed by atoms with Crippen LogP contribution >= 0.6 is 0 Å². The minimum Gasteiger partial charge on any atom is -0.496 e. The van der Waals surface area contributed by atoms with Crippen molar-refractivity contribution >= 4 is 32.7 Å². The van der Waals surface area contributed by atoms with Crippen LogP contribution in [0.2, 0.25) is 0 Å². The summed E-state index contributed by atoms with van der Waals surface area (Å²) in [7, 11) is -3.36. The third-order valence-corrected chi connectivity index (χ3v) is 13.6. The highest BCUT2D eigenvalue weighted by molar-refractivity contribution is 7.90. The molecule has 3 unspecified atom stereocenters. The Hall–Kier alpha value is -4.36. The van der Waals surface area contributed by atoms with Crippen LogP contribution < -0.4 is 9.46 Å². The Bertz CT molecular complexity index is 2240. The average molecular weight is 761 g/mol. The zero-order valence-corrected chi connectivity index (χ0v) is 30.9. The number of ether oxygens (including phenoxy) is 1. The number of carbonyl (C=O) groups excluding carboxylic acids is 2. The number of hydrogen-bond donors (Lipinski definition) is 1. The van der Waals surface area contributed by atoms with Gasteiger partial charge < -0.3 is 14.2 Å². The number of methoxy groups -OCH3 is 1. The Morgan fingerprint density at radius 2 is 1.74 bits per heavy atom. The van der Waals surface area contributed by atoms with Gasteiger partial charge in [0.15, 0.2) is 5.75 Å². The second kappa shape index (κ2) is 13.1. The first-order valence-electron chi connectivity index (χ1n) is 19.0. The van der Waals surface area contributed by atoms with Crippen molar-refractivity contribution in [3.05, 3.63) is 99.8 Å². The molecule has 0 spiro atoms. The predicted molar refractivity (Wildman–Crippen MR) is 197 cm³/mol. The number of nitrogens with one attached hydrogen (secondary N) is 1. The SMILES string of the molecule is COc1ccc(C2CCCCC2)c2c1cc1n2CC2=C(C(=O)NS(=O)(=O)CC(F)(F)F)C2=C2C=CC[C@@H](C(=O)N3C4CC3CN(Cc3ccccc3)C4)C21.